The molecular weight excluding hydrogens is 200 g/mol. The smallest absolute Gasteiger partial charge is 0.225 e. The van der Waals surface area contributed by atoms with Crippen molar-refractivity contribution in [1.29, 1.82) is 0 Å². The van der Waals surface area contributed by atoms with Crippen molar-refractivity contribution in [2.75, 3.05) is 33.2 Å². The first-order valence-corrected chi connectivity index (χ1v) is 6.49. The Hall–Kier alpha value is -0.570. The SMILES string of the molecule is [CH2][C@@H](C(=O)N1CCCC1)C1CCN(C)CC1. The Balaban J connectivity index is 1.86. The van der Waals surface area contributed by atoms with Crippen LogP contribution in [0.25, 0.3) is 0 Å². The highest BCUT2D eigenvalue weighted by atomic mass is 16.2. The fraction of sp³-hybridized carbons (Fsp3) is 0.846. The van der Waals surface area contributed by atoms with Crippen LogP contribution < -0.4 is 0 Å². The van der Waals surface area contributed by atoms with E-state index in [0.29, 0.717) is 11.8 Å². The molecule has 0 bridgehead atoms. The second-order valence-electron chi connectivity index (χ2n) is 5.28. The first-order valence-electron chi connectivity index (χ1n) is 6.49. The molecule has 2 aliphatic heterocycles. The molecule has 2 aliphatic rings. The number of piperidine rings is 1. The second kappa shape index (κ2) is 5.17. The molecule has 0 aromatic carbocycles. The predicted octanol–water partition coefficient (Wildman–Crippen LogP) is 1.40. The topological polar surface area (TPSA) is 23.6 Å². The molecule has 0 unspecified atom stereocenters. The Bertz CT molecular complexity index is 240. The van der Waals surface area contributed by atoms with Crippen LogP contribution >= 0.6 is 0 Å². The molecule has 0 aromatic rings. The third-order valence-electron chi connectivity index (χ3n) is 4.07. The highest BCUT2D eigenvalue weighted by molar-refractivity contribution is 5.80. The molecule has 2 fully saturated rings. The van der Waals surface area contributed by atoms with Crippen molar-refractivity contribution in [3.63, 3.8) is 0 Å². The molecule has 16 heavy (non-hydrogen) atoms. The summed E-state index contributed by atoms with van der Waals surface area (Å²) in [5.41, 5.74) is 0. The summed E-state index contributed by atoms with van der Waals surface area (Å²) in [7, 11) is 2.15. The summed E-state index contributed by atoms with van der Waals surface area (Å²) >= 11 is 0. The van der Waals surface area contributed by atoms with E-state index in [0.717, 1.165) is 39.0 Å². The largest absolute Gasteiger partial charge is 0.342 e. The molecule has 0 spiro atoms. The number of rotatable bonds is 2. The van der Waals surface area contributed by atoms with Crippen molar-refractivity contribution in [1.82, 2.24) is 9.80 Å². The van der Waals surface area contributed by atoms with E-state index in [1.165, 1.54) is 12.8 Å². The van der Waals surface area contributed by atoms with E-state index in [1.807, 2.05) is 4.90 Å². The first kappa shape index (κ1) is 11.9. The number of carbonyl (C=O) groups is 1. The van der Waals surface area contributed by atoms with Gasteiger partial charge < -0.3 is 9.80 Å². The quantitative estimate of drug-likeness (QED) is 0.706. The van der Waals surface area contributed by atoms with Gasteiger partial charge in [0.25, 0.3) is 0 Å². The number of carbonyl (C=O) groups excluding carboxylic acids is 1. The third-order valence-corrected chi connectivity index (χ3v) is 4.07. The van der Waals surface area contributed by atoms with Crippen LogP contribution in [0.2, 0.25) is 0 Å². The van der Waals surface area contributed by atoms with Crippen LogP contribution in [0, 0.1) is 18.8 Å². The van der Waals surface area contributed by atoms with Crippen molar-refractivity contribution in [3.8, 4) is 0 Å². The first-order chi connectivity index (χ1) is 7.68. The Kier molecular flexibility index (Phi) is 3.85. The van der Waals surface area contributed by atoms with Gasteiger partial charge in [-0.05, 0) is 58.7 Å². The van der Waals surface area contributed by atoms with Gasteiger partial charge in [-0.25, -0.2) is 0 Å². The third kappa shape index (κ3) is 2.57. The summed E-state index contributed by atoms with van der Waals surface area (Å²) in [4.78, 5) is 16.5. The van der Waals surface area contributed by atoms with Gasteiger partial charge in [-0.3, -0.25) is 4.79 Å². The van der Waals surface area contributed by atoms with Crippen LogP contribution in [0.5, 0.6) is 0 Å². The van der Waals surface area contributed by atoms with E-state index in [4.69, 9.17) is 0 Å². The maximum atomic E-state index is 12.2. The normalized spacial score (nSPS) is 26.0. The highest BCUT2D eigenvalue weighted by Gasteiger charge is 2.30. The molecule has 1 atom stereocenters. The van der Waals surface area contributed by atoms with Crippen LogP contribution in [0.4, 0.5) is 0 Å². The Labute approximate surface area is 98.8 Å². The average Bonchev–Trinajstić information content (AvgIpc) is 2.81. The number of hydrogen-bond acceptors (Lipinski definition) is 2. The number of likely N-dealkylation sites (tertiary alicyclic amines) is 2. The zero-order valence-electron chi connectivity index (χ0n) is 10.3. The van der Waals surface area contributed by atoms with Gasteiger partial charge in [0.15, 0.2) is 0 Å². The van der Waals surface area contributed by atoms with Crippen LogP contribution in [-0.4, -0.2) is 48.9 Å². The molecule has 1 radical (unpaired) electrons. The summed E-state index contributed by atoms with van der Waals surface area (Å²) in [6, 6.07) is 0. The number of amides is 1. The maximum absolute atomic E-state index is 12.2. The summed E-state index contributed by atoms with van der Waals surface area (Å²) in [6.07, 6.45) is 4.60. The molecule has 3 nitrogen and oxygen atoms in total. The van der Waals surface area contributed by atoms with Crippen molar-refractivity contribution in [2.45, 2.75) is 25.7 Å². The van der Waals surface area contributed by atoms with Crippen molar-refractivity contribution in [3.05, 3.63) is 6.92 Å². The molecule has 0 saturated carbocycles. The van der Waals surface area contributed by atoms with Crippen molar-refractivity contribution >= 4 is 5.91 Å². The van der Waals surface area contributed by atoms with E-state index >= 15 is 0 Å². The van der Waals surface area contributed by atoms with Gasteiger partial charge in [-0.2, -0.15) is 0 Å². The van der Waals surface area contributed by atoms with Gasteiger partial charge >= 0.3 is 0 Å². The zero-order chi connectivity index (χ0) is 11.5. The monoisotopic (exact) mass is 223 g/mol. The van der Waals surface area contributed by atoms with E-state index in [-0.39, 0.29) is 5.92 Å². The Morgan fingerprint density at radius 3 is 2.31 bits per heavy atom. The molecular formula is C13H23N2O. The Morgan fingerprint density at radius 2 is 1.75 bits per heavy atom. The number of hydrogen-bond donors (Lipinski definition) is 0. The average molecular weight is 223 g/mol. The standard InChI is InChI=1S/C13H23N2O/c1-11(12-5-9-14(2)10-6-12)13(16)15-7-3-4-8-15/h11-12H,1,3-10H2,2H3/t11-/m1/s1. The van der Waals surface area contributed by atoms with E-state index in [1.54, 1.807) is 0 Å². The van der Waals surface area contributed by atoms with Crippen LogP contribution in [0.15, 0.2) is 0 Å². The molecule has 91 valence electrons. The van der Waals surface area contributed by atoms with Crippen LogP contribution in [0.3, 0.4) is 0 Å². The second-order valence-corrected chi connectivity index (χ2v) is 5.28. The van der Waals surface area contributed by atoms with Crippen molar-refractivity contribution in [2.24, 2.45) is 11.8 Å². The molecule has 0 N–H and O–H groups in total. The van der Waals surface area contributed by atoms with E-state index in [2.05, 4.69) is 18.9 Å². The zero-order valence-corrected chi connectivity index (χ0v) is 10.3. The fourth-order valence-corrected chi connectivity index (χ4v) is 2.80. The van der Waals surface area contributed by atoms with E-state index < -0.39 is 0 Å². The van der Waals surface area contributed by atoms with Crippen LogP contribution in [0.1, 0.15) is 25.7 Å². The fourth-order valence-electron chi connectivity index (χ4n) is 2.80. The molecule has 1 amide bonds. The lowest BCUT2D eigenvalue weighted by molar-refractivity contribution is -0.135. The lowest BCUT2D eigenvalue weighted by Gasteiger charge is -2.33. The van der Waals surface area contributed by atoms with Gasteiger partial charge in [0.1, 0.15) is 0 Å². The van der Waals surface area contributed by atoms with Gasteiger partial charge in [0, 0.05) is 19.0 Å². The molecule has 3 heteroatoms. The minimum absolute atomic E-state index is 0.00759. The summed E-state index contributed by atoms with van der Waals surface area (Å²) in [5, 5.41) is 0. The lowest BCUT2D eigenvalue weighted by atomic mass is 9.85. The molecule has 0 aliphatic carbocycles. The minimum Gasteiger partial charge on any atom is -0.342 e. The minimum atomic E-state index is -0.00759. The molecule has 0 aromatic heterocycles. The number of nitrogens with zero attached hydrogens (tertiary/aromatic N) is 2. The van der Waals surface area contributed by atoms with Gasteiger partial charge in [0.2, 0.25) is 5.91 Å². The summed E-state index contributed by atoms with van der Waals surface area (Å²) in [5.74, 6) is 0.795. The van der Waals surface area contributed by atoms with Crippen molar-refractivity contribution < 1.29 is 4.79 Å². The highest BCUT2D eigenvalue weighted by Crippen LogP contribution is 2.26. The van der Waals surface area contributed by atoms with Gasteiger partial charge in [0.05, 0.1) is 0 Å². The van der Waals surface area contributed by atoms with Gasteiger partial charge in [-0.1, -0.05) is 0 Å². The summed E-state index contributed by atoms with van der Waals surface area (Å²) < 4.78 is 0. The van der Waals surface area contributed by atoms with E-state index in [9.17, 15) is 4.79 Å². The maximum Gasteiger partial charge on any atom is 0.225 e. The Morgan fingerprint density at radius 1 is 1.19 bits per heavy atom. The lowest BCUT2D eigenvalue weighted by Crippen LogP contribution is -2.40. The summed E-state index contributed by atoms with van der Waals surface area (Å²) in [6.45, 7) is 8.26. The predicted molar refractivity (Wildman–Crippen MR) is 64.9 cm³/mol. The molecule has 2 heterocycles. The van der Waals surface area contributed by atoms with Crippen LogP contribution in [-0.2, 0) is 4.79 Å². The van der Waals surface area contributed by atoms with Gasteiger partial charge in [-0.15, -0.1) is 0 Å². The molecule has 2 saturated heterocycles. The molecule has 2 rings (SSSR count).